The minimum absolute atomic E-state index is 0.338. The number of ether oxygens (including phenoxy) is 1. The van der Waals surface area contributed by atoms with Crippen LogP contribution in [-0.4, -0.2) is 32.9 Å². The molecule has 0 spiro atoms. The molecule has 128 valence electrons. The van der Waals surface area contributed by atoms with E-state index in [0.29, 0.717) is 12.4 Å². The summed E-state index contributed by atoms with van der Waals surface area (Å²) in [5.41, 5.74) is 1.41. The highest BCUT2D eigenvalue weighted by molar-refractivity contribution is 5.68. The summed E-state index contributed by atoms with van der Waals surface area (Å²) in [5.74, 6) is 0.671. The Labute approximate surface area is 141 Å². The maximum Gasteiger partial charge on any atom is 0.407 e. The fourth-order valence-corrected chi connectivity index (χ4v) is 3.37. The minimum atomic E-state index is -0.587. The summed E-state index contributed by atoms with van der Waals surface area (Å²) < 4.78 is 6.85. The van der Waals surface area contributed by atoms with Crippen molar-refractivity contribution in [2.45, 2.75) is 51.5 Å². The molecule has 0 unspecified atom stereocenters. The predicted molar refractivity (Wildman–Crippen MR) is 88.8 cm³/mol. The summed E-state index contributed by atoms with van der Waals surface area (Å²) in [7, 11) is 0. The second-order valence-electron chi connectivity index (χ2n) is 6.19. The van der Waals surface area contributed by atoms with Crippen LogP contribution in [0.3, 0.4) is 0 Å². The van der Waals surface area contributed by atoms with Crippen molar-refractivity contribution in [3.05, 3.63) is 35.7 Å². The number of hydrogen-bond donors (Lipinski definition) is 1. The summed E-state index contributed by atoms with van der Waals surface area (Å²) >= 11 is 0. The van der Waals surface area contributed by atoms with Crippen molar-refractivity contribution in [3.63, 3.8) is 0 Å². The molecule has 1 saturated carbocycles. The van der Waals surface area contributed by atoms with Crippen LogP contribution in [0.1, 0.15) is 50.4 Å². The zero-order chi connectivity index (χ0) is 17.0. The van der Waals surface area contributed by atoms with Crippen molar-refractivity contribution in [3.8, 4) is 5.69 Å². The Bertz CT molecular complexity index is 707. The maximum atomic E-state index is 12.1. The predicted octanol–water partition coefficient (Wildman–Crippen LogP) is 2.88. The number of nitrogens with one attached hydrogen (secondary N) is 1. The van der Waals surface area contributed by atoms with Gasteiger partial charge >= 0.3 is 6.09 Å². The van der Waals surface area contributed by atoms with Crippen molar-refractivity contribution in [1.82, 2.24) is 25.5 Å². The van der Waals surface area contributed by atoms with Gasteiger partial charge in [-0.3, -0.25) is 0 Å². The first-order valence-electron chi connectivity index (χ1n) is 8.46. The molecule has 1 N–H and O–H groups in total. The molecule has 1 heterocycles. The molecule has 1 aliphatic rings. The Morgan fingerprint density at radius 3 is 2.75 bits per heavy atom. The molecule has 1 aliphatic carbocycles. The number of amides is 1. The number of tetrazole rings is 1. The largest absolute Gasteiger partial charge is 0.450 e. The molecule has 0 aliphatic heterocycles. The molecule has 0 bridgehead atoms. The number of carbonyl (C=O) groups is 1. The second-order valence-corrected chi connectivity index (χ2v) is 6.19. The number of benzene rings is 1. The topological polar surface area (TPSA) is 81.9 Å². The van der Waals surface area contributed by atoms with Crippen LogP contribution in [0.5, 0.6) is 0 Å². The number of nitrogens with zero attached hydrogens (tertiary/aromatic N) is 4. The molecule has 1 aromatic carbocycles. The average Bonchev–Trinajstić information content (AvgIpc) is 3.06. The third-order valence-corrected chi connectivity index (χ3v) is 4.57. The quantitative estimate of drug-likeness (QED) is 0.932. The summed E-state index contributed by atoms with van der Waals surface area (Å²) in [6, 6.07) is 7.94. The van der Waals surface area contributed by atoms with Crippen LogP contribution in [0, 0.1) is 6.92 Å². The molecule has 1 aromatic heterocycles. The Hall–Kier alpha value is -2.44. The van der Waals surface area contributed by atoms with Crippen molar-refractivity contribution in [2.75, 3.05) is 6.61 Å². The number of rotatable bonds is 4. The number of aromatic nitrogens is 4. The van der Waals surface area contributed by atoms with E-state index in [1.54, 1.807) is 11.6 Å². The first-order valence-corrected chi connectivity index (χ1v) is 8.46. The first kappa shape index (κ1) is 16.4. The molecule has 3 rings (SSSR count). The normalized spacial score (nSPS) is 16.6. The van der Waals surface area contributed by atoms with Gasteiger partial charge in [-0.25, -0.2) is 4.79 Å². The van der Waals surface area contributed by atoms with E-state index in [4.69, 9.17) is 4.74 Å². The molecule has 1 fully saturated rings. The van der Waals surface area contributed by atoms with E-state index in [1.165, 1.54) is 0 Å². The third kappa shape index (κ3) is 3.11. The van der Waals surface area contributed by atoms with Crippen LogP contribution in [-0.2, 0) is 10.3 Å². The molecule has 7 nitrogen and oxygen atoms in total. The first-order chi connectivity index (χ1) is 11.7. The molecular weight excluding hydrogens is 306 g/mol. The van der Waals surface area contributed by atoms with Crippen molar-refractivity contribution < 1.29 is 9.53 Å². The zero-order valence-electron chi connectivity index (χ0n) is 14.2. The highest BCUT2D eigenvalue weighted by Crippen LogP contribution is 2.37. The summed E-state index contributed by atoms with van der Waals surface area (Å²) in [6.07, 6.45) is 4.38. The maximum absolute atomic E-state index is 12.1. The van der Waals surface area contributed by atoms with Gasteiger partial charge in [0, 0.05) is 0 Å². The van der Waals surface area contributed by atoms with Gasteiger partial charge in [0.15, 0.2) is 5.82 Å². The molecule has 7 heteroatoms. The molecule has 2 aromatic rings. The van der Waals surface area contributed by atoms with E-state index in [-0.39, 0.29) is 0 Å². The molecule has 0 radical (unpaired) electrons. The number of para-hydroxylation sites is 1. The van der Waals surface area contributed by atoms with Gasteiger partial charge in [-0.2, -0.15) is 4.68 Å². The average molecular weight is 329 g/mol. The lowest BCUT2D eigenvalue weighted by Crippen LogP contribution is -2.49. The Balaban J connectivity index is 2.02. The number of aryl methyl sites for hydroxylation is 1. The van der Waals surface area contributed by atoms with Gasteiger partial charge < -0.3 is 10.1 Å². The van der Waals surface area contributed by atoms with E-state index >= 15 is 0 Å². The van der Waals surface area contributed by atoms with Gasteiger partial charge in [0.05, 0.1) is 12.3 Å². The number of hydrogen-bond acceptors (Lipinski definition) is 5. The van der Waals surface area contributed by atoms with E-state index in [2.05, 4.69) is 20.8 Å². The van der Waals surface area contributed by atoms with E-state index in [0.717, 1.165) is 43.4 Å². The Morgan fingerprint density at radius 1 is 1.29 bits per heavy atom. The Morgan fingerprint density at radius 2 is 2.04 bits per heavy atom. The van der Waals surface area contributed by atoms with E-state index in [1.807, 2.05) is 31.2 Å². The van der Waals surface area contributed by atoms with E-state index in [9.17, 15) is 4.79 Å². The standard InChI is InChI=1S/C17H23N5O2/c1-3-24-16(23)18-17(11-7-4-8-12-17)15-19-20-21-22(15)14-10-6-5-9-13(14)2/h5-6,9-10H,3-4,7-8,11-12H2,1-2H3,(H,18,23). The smallest absolute Gasteiger partial charge is 0.407 e. The summed E-state index contributed by atoms with van der Waals surface area (Å²) in [5, 5.41) is 15.4. The van der Waals surface area contributed by atoms with Crippen LogP contribution in [0.2, 0.25) is 0 Å². The molecular formula is C17H23N5O2. The van der Waals surface area contributed by atoms with Crippen LogP contribution < -0.4 is 5.32 Å². The lowest BCUT2D eigenvalue weighted by molar-refractivity contribution is 0.124. The highest BCUT2D eigenvalue weighted by Gasteiger charge is 2.41. The molecule has 0 saturated heterocycles. The lowest BCUT2D eigenvalue weighted by atomic mass is 9.81. The van der Waals surface area contributed by atoms with Crippen LogP contribution >= 0.6 is 0 Å². The summed E-state index contributed by atoms with van der Waals surface area (Å²) in [6.45, 7) is 4.16. The monoisotopic (exact) mass is 329 g/mol. The minimum Gasteiger partial charge on any atom is -0.450 e. The Kier molecular flexibility index (Phi) is 4.78. The van der Waals surface area contributed by atoms with Crippen LogP contribution in [0.25, 0.3) is 5.69 Å². The second kappa shape index (κ2) is 6.98. The number of carbonyl (C=O) groups excluding carboxylic acids is 1. The van der Waals surface area contributed by atoms with Crippen LogP contribution in [0.4, 0.5) is 4.79 Å². The zero-order valence-corrected chi connectivity index (χ0v) is 14.2. The van der Waals surface area contributed by atoms with Gasteiger partial charge in [0.25, 0.3) is 0 Å². The third-order valence-electron chi connectivity index (χ3n) is 4.57. The van der Waals surface area contributed by atoms with Gasteiger partial charge in [-0.15, -0.1) is 5.10 Å². The SMILES string of the molecule is CCOC(=O)NC1(c2nnnn2-c2ccccc2C)CCCCC1. The number of alkyl carbamates (subject to hydrolysis) is 1. The van der Waals surface area contributed by atoms with Crippen LogP contribution in [0.15, 0.2) is 24.3 Å². The van der Waals surface area contributed by atoms with Crippen molar-refractivity contribution in [2.24, 2.45) is 0 Å². The molecule has 24 heavy (non-hydrogen) atoms. The van der Waals surface area contributed by atoms with Crippen molar-refractivity contribution >= 4 is 6.09 Å². The fraction of sp³-hybridized carbons (Fsp3) is 0.529. The van der Waals surface area contributed by atoms with Gasteiger partial charge in [0.1, 0.15) is 5.54 Å². The van der Waals surface area contributed by atoms with Crippen molar-refractivity contribution in [1.29, 1.82) is 0 Å². The van der Waals surface area contributed by atoms with Gasteiger partial charge in [-0.1, -0.05) is 37.5 Å². The molecule has 1 amide bonds. The summed E-state index contributed by atoms with van der Waals surface area (Å²) in [4.78, 5) is 12.1. The molecule has 0 atom stereocenters. The van der Waals surface area contributed by atoms with Gasteiger partial charge in [-0.05, 0) is 48.7 Å². The fourth-order valence-electron chi connectivity index (χ4n) is 3.37. The lowest BCUT2D eigenvalue weighted by Gasteiger charge is -2.36. The van der Waals surface area contributed by atoms with Gasteiger partial charge in [0.2, 0.25) is 0 Å². The van der Waals surface area contributed by atoms with E-state index < -0.39 is 11.6 Å². The highest BCUT2D eigenvalue weighted by atomic mass is 16.5.